The Labute approximate surface area is 199 Å². The van der Waals surface area contributed by atoms with E-state index in [1.807, 2.05) is 12.1 Å². The zero-order chi connectivity index (χ0) is 22.7. The number of piperazine rings is 1. The van der Waals surface area contributed by atoms with Crippen LogP contribution in [0.15, 0.2) is 84.9 Å². The molecule has 0 bridgehead atoms. The van der Waals surface area contributed by atoms with Crippen LogP contribution in [0.1, 0.15) is 31.2 Å². The number of phenols is 1. The fourth-order valence-electron chi connectivity index (χ4n) is 4.65. The number of benzene rings is 3. The number of anilines is 2. The monoisotopic (exact) mass is 443 g/mol. The molecule has 3 aromatic rings. The second-order valence-electron chi connectivity index (χ2n) is 9.01. The van der Waals surface area contributed by atoms with Gasteiger partial charge in [0.05, 0.1) is 0 Å². The van der Waals surface area contributed by atoms with Crippen molar-refractivity contribution in [2.24, 2.45) is 0 Å². The van der Waals surface area contributed by atoms with Gasteiger partial charge in [-0.3, -0.25) is 4.90 Å². The van der Waals surface area contributed by atoms with Gasteiger partial charge in [0, 0.05) is 56.7 Å². The van der Waals surface area contributed by atoms with Gasteiger partial charge in [-0.15, -0.1) is 0 Å². The lowest BCUT2D eigenvalue weighted by atomic mass is 10.1. The molecule has 4 heteroatoms. The molecule has 174 valence electrons. The summed E-state index contributed by atoms with van der Waals surface area (Å²) in [5.41, 5.74) is 3.74. The van der Waals surface area contributed by atoms with Gasteiger partial charge in [0.2, 0.25) is 0 Å². The third-order valence-electron chi connectivity index (χ3n) is 6.56. The molecule has 33 heavy (non-hydrogen) atoms. The Kier molecular flexibility index (Phi) is 8.65. The van der Waals surface area contributed by atoms with E-state index in [0.717, 1.165) is 45.0 Å². The number of phenolic OH excluding ortho intramolecular Hbond substituents is 1. The first kappa shape index (κ1) is 23.2. The summed E-state index contributed by atoms with van der Waals surface area (Å²) >= 11 is 0. The molecule has 0 amide bonds. The van der Waals surface area contributed by atoms with Gasteiger partial charge in [0.25, 0.3) is 0 Å². The van der Waals surface area contributed by atoms with Crippen LogP contribution in [-0.4, -0.2) is 49.3 Å². The molecule has 0 unspecified atom stereocenters. The van der Waals surface area contributed by atoms with Crippen molar-refractivity contribution in [2.45, 2.75) is 32.2 Å². The van der Waals surface area contributed by atoms with Crippen LogP contribution in [0, 0.1) is 0 Å². The molecular weight excluding hydrogens is 406 g/mol. The minimum Gasteiger partial charge on any atom is -0.508 e. The summed E-state index contributed by atoms with van der Waals surface area (Å²) in [6.45, 7) is 7.67. The minimum atomic E-state index is 0.331. The first-order valence-electron chi connectivity index (χ1n) is 12.4. The summed E-state index contributed by atoms with van der Waals surface area (Å²) in [6, 6.07) is 29.0. The van der Waals surface area contributed by atoms with Crippen molar-refractivity contribution in [3.05, 3.63) is 90.5 Å². The van der Waals surface area contributed by atoms with Crippen molar-refractivity contribution in [1.29, 1.82) is 0 Å². The number of hydrogen-bond donors (Lipinski definition) is 1. The lowest BCUT2D eigenvalue weighted by Gasteiger charge is -2.36. The lowest BCUT2D eigenvalue weighted by molar-refractivity contribution is 0.252. The first-order chi connectivity index (χ1) is 16.3. The molecule has 0 saturated carbocycles. The van der Waals surface area contributed by atoms with E-state index in [1.165, 1.54) is 43.5 Å². The normalized spacial score (nSPS) is 14.4. The van der Waals surface area contributed by atoms with Crippen molar-refractivity contribution < 1.29 is 5.11 Å². The minimum absolute atomic E-state index is 0.331. The van der Waals surface area contributed by atoms with E-state index in [1.54, 1.807) is 6.07 Å². The molecule has 1 fully saturated rings. The molecule has 1 N–H and O–H groups in total. The smallest absolute Gasteiger partial charge is 0.117 e. The van der Waals surface area contributed by atoms with Crippen LogP contribution in [0.3, 0.4) is 0 Å². The van der Waals surface area contributed by atoms with Crippen LogP contribution in [0.4, 0.5) is 11.4 Å². The van der Waals surface area contributed by atoms with Crippen molar-refractivity contribution >= 4 is 11.4 Å². The third kappa shape index (κ3) is 7.26. The predicted molar refractivity (Wildman–Crippen MR) is 139 cm³/mol. The first-order valence-corrected chi connectivity index (χ1v) is 12.4. The number of unbranched alkanes of at least 4 members (excludes halogenated alkanes) is 3. The van der Waals surface area contributed by atoms with E-state index in [9.17, 15) is 5.11 Å². The molecule has 0 aromatic heterocycles. The van der Waals surface area contributed by atoms with Gasteiger partial charge < -0.3 is 14.9 Å². The Hall–Kier alpha value is -2.98. The zero-order valence-electron chi connectivity index (χ0n) is 19.6. The van der Waals surface area contributed by atoms with E-state index in [-0.39, 0.29) is 0 Å². The average molecular weight is 444 g/mol. The van der Waals surface area contributed by atoms with Crippen LogP contribution >= 0.6 is 0 Å². The fourth-order valence-corrected chi connectivity index (χ4v) is 4.65. The number of nitrogens with zero attached hydrogens (tertiary/aromatic N) is 3. The summed E-state index contributed by atoms with van der Waals surface area (Å²) < 4.78 is 0. The van der Waals surface area contributed by atoms with Gasteiger partial charge in [-0.1, -0.05) is 67.4 Å². The molecule has 1 aliphatic heterocycles. The Morgan fingerprint density at radius 1 is 0.697 bits per heavy atom. The van der Waals surface area contributed by atoms with Crippen molar-refractivity contribution in [3.63, 3.8) is 0 Å². The molecule has 3 aromatic carbocycles. The molecule has 0 aliphatic carbocycles. The van der Waals surface area contributed by atoms with E-state index in [0.29, 0.717) is 5.75 Å². The van der Waals surface area contributed by atoms with Gasteiger partial charge in [-0.2, -0.15) is 0 Å². The predicted octanol–water partition coefficient (Wildman–Crippen LogP) is 5.78. The Morgan fingerprint density at radius 2 is 1.39 bits per heavy atom. The summed E-state index contributed by atoms with van der Waals surface area (Å²) in [4.78, 5) is 7.50. The van der Waals surface area contributed by atoms with Gasteiger partial charge in [0.15, 0.2) is 0 Å². The van der Waals surface area contributed by atoms with Gasteiger partial charge in [-0.05, 0) is 49.2 Å². The Bertz CT molecular complexity index is 939. The Morgan fingerprint density at radius 3 is 2.12 bits per heavy atom. The van der Waals surface area contributed by atoms with E-state index >= 15 is 0 Å². The number of para-hydroxylation sites is 1. The number of hydrogen-bond acceptors (Lipinski definition) is 4. The summed E-state index contributed by atoms with van der Waals surface area (Å²) in [5, 5.41) is 9.94. The quantitative estimate of drug-likeness (QED) is 0.380. The topological polar surface area (TPSA) is 30.0 Å². The molecule has 1 aliphatic rings. The van der Waals surface area contributed by atoms with Crippen LogP contribution in [0.25, 0.3) is 0 Å². The van der Waals surface area contributed by atoms with Crippen molar-refractivity contribution in [3.8, 4) is 5.75 Å². The van der Waals surface area contributed by atoms with E-state index in [4.69, 9.17) is 0 Å². The van der Waals surface area contributed by atoms with Crippen LogP contribution < -0.4 is 9.80 Å². The summed E-state index contributed by atoms with van der Waals surface area (Å²) in [5.74, 6) is 0.331. The molecule has 0 spiro atoms. The second-order valence-corrected chi connectivity index (χ2v) is 9.01. The molecule has 1 heterocycles. The van der Waals surface area contributed by atoms with Crippen LogP contribution in [0.2, 0.25) is 0 Å². The highest BCUT2D eigenvalue weighted by molar-refractivity contribution is 5.51. The van der Waals surface area contributed by atoms with Gasteiger partial charge >= 0.3 is 0 Å². The maximum atomic E-state index is 9.94. The van der Waals surface area contributed by atoms with Crippen LogP contribution in [0.5, 0.6) is 5.75 Å². The molecular formula is C29H37N3O. The maximum Gasteiger partial charge on any atom is 0.117 e. The zero-order valence-corrected chi connectivity index (χ0v) is 19.6. The molecule has 0 atom stereocenters. The highest BCUT2D eigenvalue weighted by Gasteiger charge is 2.16. The highest BCUT2D eigenvalue weighted by Crippen LogP contribution is 2.23. The van der Waals surface area contributed by atoms with Crippen molar-refractivity contribution in [2.75, 3.05) is 49.1 Å². The summed E-state index contributed by atoms with van der Waals surface area (Å²) in [7, 11) is 0. The number of rotatable bonds is 11. The van der Waals surface area contributed by atoms with Crippen molar-refractivity contribution in [1.82, 2.24) is 4.90 Å². The standard InChI is InChI=1S/C29H37N3O/c33-29-17-11-16-28(24-29)32(25-26-12-5-3-6-13-26)19-10-2-1-9-18-30-20-22-31(23-21-30)27-14-7-4-8-15-27/h3-8,11-17,24,33H,1-2,9-10,18-23,25H2. The molecule has 4 nitrogen and oxygen atoms in total. The van der Waals surface area contributed by atoms with Gasteiger partial charge in [-0.25, -0.2) is 0 Å². The van der Waals surface area contributed by atoms with E-state index in [2.05, 4.69) is 81.4 Å². The lowest BCUT2D eigenvalue weighted by Crippen LogP contribution is -2.46. The summed E-state index contributed by atoms with van der Waals surface area (Å²) in [6.07, 6.45) is 4.96. The molecule has 0 radical (unpaired) electrons. The largest absolute Gasteiger partial charge is 0.508 e. The van der Waals surface area contributed by atoms with Gasteiger partial charge in [0.1, 0.15) is 5.75 Å². The maximum absolute atomic E-state index is 9.94. The molecule has 4 rings (SSSR count). The SMILES string of the molecule is Oc1cccc(N(CCCCCCN2CCN(c3ccccc3)CC2)Cc2ccccc2)c1. The number of aromatic hydroxyl groups is 1. The highest BCUT2D eigenvalue weighted by atomic mass is 16.3. The Balaban J connectivity index is 1.16. The second kappa shape index (κ2) is 12.3. The third-order valence-corrected chi connectivity index (χ3v) is 6.56. The molecule has 1 saturated heterocycles. The van der Waals surface area contributed by atoms with Crippen LogP contribution in [-0.2, 0) is 6.54 Å². The average Bonchev–Trinajstić information content (AvgIpc) is 2.87. The van der Waals surface area contributed by atoms with E-state index < -0.39 is 0 Å². The fraction of sp³-hybridized carbons (Fsp3) is 0.379.